The van der Waals surface area contributed by atoms with Crippen molar-refractivity contribution in [1.29, 1.82) is 0 Å². The fourth-order valence-electron chi connectivity index (χ4n) is 2.61. The molecular weight excluding hydrogens is 360 g/mol. The fourth-order valence-corrected chi connectivity index (χ4v) is 2.61. The SMILES string of the molecule is COc1nc(C)nc(NCCCCCCCCNc2nc(C)nc(OC)n2)n1. The van der Waals surface area contributed by atoms with Gasteiger partial charge in [-0.1, -0.05) is 25.7 Å². The van der Waals surface area contributed by atoms with E-state index < -0.39 is 0 Å². The molecule has 0 amide bonds. The van der Waals surface area contributed by atoms with Gasteiger partial charge in [-0.15, -0.1) is 0 Å². The van der Waals surface area contributed by atoms with Crippen molar-refractivity contribution in [2.45, 2.75) is 52.4 Å². The molecule has 2 rings (SSSR count). The van der Waals surface area contributed by atoms with Crippen LogP contribution in [-0.4, -0.2) is 57.2 Å². The van der Waals surface area contributed by atoms with Crippen molar-refractivity contribution in [3.05, 3.63) is 11.6 Å². The van der Waals surface area contributed by atoms with Crippen LogP contribution >= 0.6 is 0 Å². The third kappa shape index (κ3) is 7.85. The Morgan fingerprint density at radius 3 is 1.36 bits per heavy atom. The molecule has 2 aromatic rings. The van der Waals surface area contributed by atoms with Crippen LogP contribution in [0.2, 0.25) is 0 Å². The summed E-state index contributed by atoms with van der Waals surface area (Å²) in [4.78, 5) is 25.0. The molecule has 0 spiro atoms. The van der Waals surface area contributed by atoms with Crippen molar-refractivity contribution in [3.63, 3.8) is 0 Å². The van der Waals surface area contributed by atoms with Gasteiger partial charge in [0.2, 0.25) is 11.9 Å². The molecule has 28 heavy (non-hydrogen) atoms. The van der Waals surface area contributed by atoms with Gasteiger partial charge < -0.3 is 20.1 Å². The minimum absolute atomic E-state index is 0.342. The second-order valence-corrected chi connectivity index (χ2v) is 6.36. The second kappa shape index (κ2) is 11.8. The molecule has 0 bridgehead atoms. The number of aryl methyl sites for hydroxylation is 2. The summed E-state index contributed by atoms with van der Waals surface area (Å²) in [6.07, 6.45) is 6.92. The third-order valence-electron chi connectivity index (χ3n) is 3.99. The third-order valence-corrected chi connectivity index (χ3v) is 3.99. The van der Waals surface area contributed by atoms with Gasteiger partial charge in [-0.25, -0.2) is 0 Å². The second-order valence-electron chi connectivity index (χ2n) is 6.36. The predicted molar refractivity (Wildman–Crippen MR) is 107 cm³/mol. The Bertz CT molecular complexity index is 667. The van der Waals surface area contributed by atoms with Gasteiger partial charge in [-0.05, 0) is 26.7 Å². The maximum atomic E-state index is 5.05. The number of methoxy groups -OCH3 is 2. The van der Waals surface area contributed by atoms with Crippen molar-refractivity contribution in [1.82, 2.24) is 29.9 Å². The van der Waals surface area contributed by atoms with Gasteiger partial charge in [0.15, 0.2) is 0 Å². The first kappa shape index (κ1) is 21.5. The molecule has 10 nitrogen and oxygen atoms in total. The van der Waals surface area contributed by atoms with Gasteiger partial charge in [0.25, 0.3) is 0 Å². The highest BCUT2D eigenvalue weighted by atomic mass is 16.5. The lowest BCUT2D eigenvalue weighted by molar-refractivity contribution is 0.377. The number of aromatic nitrogens is 6. The van der Waals surface area contributed by atoms with E-state index in [-0.39, 0.29) is 0 Å². The Kier molecular flexibility index (Phi) is 9.09. The number of ether oxygens (including phenoxy) is 2. The Labute approximate surface area is 166 Å². The maximum Gasteiger partial charge on any atom is 0.321 e. The number of nitrogens with zero attached hydrogens (tertiary/aromatic N) is 6. The van der Waals surface area contributed by atoms with E-state index in [4.69, 9.17) is 9.47 Å². The van der Waals surface area contributed by atoms with Gasteiger partial charge in [0.1, 0.15) is 11.6 Å². The van der Waals surface area contributed by atoms with Gasteiger partial charge in [-0.2, -0.15) is 29.9 Å². The lowest BCUT2D eigenvalue weighted by atomic mass is 10.1. The van der Waals surface area contributed by atoms with Crippen LogP contribution in [0.25, 0.3) is 0 Å². The number of rotatable bonds is 13. The van der Waals surface area contributed by atoms with Gasteiger partial charge in [-0.3, -0.25) is 0 Å². The summed E-state index contributed by atoms with van der Waals surface area (Å²) >= 11 is 0. The molecule has 0 aliphatic carbocycles. The first-order valence-electron chi connectivity index (χ1n) is 9.62. The molecule has 10 heteroatoms. The average molecular weight is 390 g/mol. The number of anilines is 2. The van der Waals surface area contributed by atoms with Crippen molar-refractivity contribution >= 4 is 11.9 Å². The lowest BCUT2D eigenvalue weighted by Crippen LogP contribution is -2.08. The number of hydrogen-bond acceptors (Lipinski definition) is 10. The van der Waals surface area contributed by atoms with E-state index in [1.807, 2.05) is 13.8 Å². The zero-order chi connectivity index (χ0) is 20.2. The van der Waals surface area contributed by atoms with Crippen LogP contribution in [0.1, 0.15) is 50.2 Å². The summed E-state index contributed by atoms with van der Waals surface area (Å²) in [5.74, 6) is 2.43. The molecule has 0 unspecified atom stereocenters. The highest BCUT2D eigenvalue weighted by Crippen LogP contribution is 2.10. The summed E-state index contributed by atoms with van der Waals surface area (Å²) in [5.41, 5.74) is 0. The van der Waals surface area contributed by atoms with Crippen LogP contribution in [0.4, 0.5) is 11.9 Å². The summed E-state index contributed by atoms with van der Waals surface area (Å²) < 4.78 is 10.1. The van der Waals surface area contributed by atoms with Crippen molar-refractivity contribution in [2.75, 3.05) is 37.9 Å². The Balaban J connectivity index is 1.50. The highest BCUT2D eigenvalue weighted by molar-refractivity contribution is 5.26. The molecule has 0 aromatic carbocycles. The maximum absolute atomic E-state index is 5.05. The monoisotopic (exact) mass is 390 g/mol. The van der Waals surface area contributed by atoms with Crippen LogP contribution in [0.15, 0.2) is 0 Å². The number of hydrogen-bond donors (Lipinski definition) is 2. The molecule has 0 atom stereocenters. The van der Waals surface area contributed by atoms with Gasteiger partial charge >= 0.3 is 12.0 Å². The van der Waals surface area contributed by atoms with Crippen LogP contribution in [0, 0.1) is 13.8 Å². The molecular formula is C18H30N8O2. The molecule has 2 N–H and O–H groups in total. The summed E-state index contributed by atoms with van der Waals surface area (Å²) in [7, 11) is 3.10. The molecule has 0 aliphatic rings. The minimum atomic E-state index is 0.342. The van der Waals surface area contributed by atoms with E-state index >= 15 is 0 Å². The zero-order valence-electron chi connectivity index (χ0n) is 17.2. The molecule has 154 valence electrons. The van der Waals surface area contributed by atoms with E-state index in [9.17, 15) is 0 Å². The van der Waals surface area contributed by atoms with Crippen molar-refractivity contribution < 1.29 is 9.47 Å². The van der Waals surface area contributed by atoms with E-state index in [2.05, 4.69) is 40.5 Å². The molecule has 0 radical (unpaired) electrons. The van der Waals surface area contributed by atoms with E-state index in [0.717, 1.165) is 25.9 Å². The quantitative estimate of drug-likeness (QED) is 0.494. The molecule has 0 fully saturated rings. The zero-order valence-corrected chi connectivity index (χ0v) is 17.2. The van der Waals surface area contributed by atoms with Crippen LogP contribution in [-0.2, 0) is 0 Å². The van der Waals surface area contributed by atoms with Crippen LogP contribution < -0.4 is 20.1 Å². The standard InChI is InChI=1S/C18H30N8O2/c1-13-21-15(25-17(23-13)27-3)19-11-9-7-5-6-8-10-12-20-16-22-14(2)24-18(26-16)28-4/h5-12H2,1-4H3,(H,19,21,23,25)(H,20,22,24,26). The summed E-state index contributed by atoms with van der Waals surface area (Å²) in [5, 5.41) is 6.44. The van der Waals surface area contributed by atoms with Crippen molar-refractivity contribution in [2.24, 2.45) is 0 Å². The number of nitrogens with one attached hydrogen (secondary N) is 2. The molecule has 0 saturated heterocycles. The van der Waals surface area contributed by atoms with Crippen molar-refractivity contribution in [3.8, 4) is 12.0 Å². The summed E-state index contributed by atoms with van der Waals surface area (Å²) in [6, 6.07) is 0.684. The Morgan fingerprint density at radius 2 is 0.964 bits per heavy atom. The first-order chi connectivity index (χ1) is 13.6. The average Bonchev–Trinajstić information content (AvgIpc) is 2.68. The summed E-state index contributed by atoms with van der Waals surface area (Å²) in [6.45, 7) is 5.33. The van der Waals surface area contributed by atoms with Gasteiger partial charge in [0, 0.05) is 13.1 Å². The van der Waals surface area contributed by atoms with Crippen LogP contribution in [0.5, 0.6) is 12.0 Å². The molecule has 0 aliphatic heterocycles. The Hall–Kier alpha value is -2.78. The minimum Gasteiger partial charge on any atom is -0.467 e. The highest BCUT2D eigenvalue weighted by Gasteiger charge is 2.04. The normalized spacial score (nSPS) is 10.6. The topological polar surface area (TPSA) is 120 Å². The first-order valence-corrected chi connectivity index (χ1v) is 9.62. The fraction of sp³-hybridized carbons (Fsp3) is 0.667. The van der Waals surface area contributed by atoms with E-state index in [1.165, 1.54) is 25.7 Å². The van der Waals surface area contributed by atoms with Gasteiger partial charge in [0.05, 0.1) is 14.2 Å². The van der Waals surface area contributed by atoms with E-state index in [1.54, 1.807) is 14.2 Å². The largest absolute Gasteiger partial charge is 0.467 e. The molecule has 0 saturated carbocycles. The number of unbranched alkanes of at least 4 members (excludes halogenated alkanes) is 5. The molecule has 2 aromatic heterocycles. The van der Waals surface area contributed by atoms with Crippen LogP contribution in [0.3, 0.4) is 0 Å². The Morgan fingerprint density at radius 1 is 0.571 bits per heavy atom. The van der Waals surface area contributed by atoms with E-state index in [0.29, 0.717) is 35.6 Å². The smallest absolute Gasteiger partial charge is 0.321 e. The lowest BCUT2D eigenvalue weighted by Gasteiger charge is -2.07. The molecule has 2 heterocycles. The predicted octanol–water partition coefficient (Wildman–Crippen LogP) is 2.56.